The minimum absolute atomic E-state index is 0.0231. The van der Waals surface area contributed by atoms with Crippen molar-refractivity contribution in [2.75, 3.05) is 6.61 Å². The van der Waals surface area contributed by atoms with Gasteiger partial charge in [0.05, 0.1) is 0 Å². The van der Waals surface area contributed by atoms with Crippen molar-refractivity contribution < 1.29 is 14.3 Å². The Bertz CT molecular complexity index is 469. The molecule has 1 aromatic carbocycles. The van der Waals surface area contributed by atoms with E-state index in [1.54, 1.807) is 24.3 Å². The van der Waals surface area contributed by atoms with Crippen LogP contribution in [0, 0.1) is 12.3 Å². The van der Waals surface area contributed by atoms with Gasteiger partial charge in [0.1, 0.15) is 6.61 Å². The number of nitrogens with one attached hydrogen (secondary N) is 1. The van der Waals surface area contributed by atoms with Crippen LogP contribution in [0.3, 0.4) is 0 Å². The van der Waals surface area contributed by atoms with Gasteiger partial charge in [0.15, 0.2) is 0 Å². The highest BCUT2D eigenvalue weighted by Gasteiger charge is 2.18. The SMILES string of the molecule is C#CCONC(=C)OP(O)(=S)c1ccccc1. The molecule has 1 rings (SSSR count). The van der Waals surface area contributed by atoms with E-state index in [0.717, 1.165) is 0 Å². The summed E-state index contributed by atoms with van der Waals surface area (Å²) >= 11 is 5.01. The zero-order chi connectivity index (χ0) is 12.7. The van der Waals surface area contributed by atoms with Crippen molar-refractivity contribution in [1.82, 2.24) is 5.48 Å². The fourth-order valence-corrected chi connectivity index (χ4v) is 2.62. The first-order chi connectivity index (χ1) is 8.06. The van der Waals surface area contributed by atoms with Gasteiger partial charge in [-0.1, -0.05) is 24.1 Å². The minimum atomic E-state index is -3.11. The summed E-state index contributed by atoms with van der Waals surface area (Å²) in [5.74, 6) is 2.28. The van der Waals surface area contributed by atoms with Crippen molar-refractivity contribution >= 4 is 23.6 Å². The number of hydroxylamine groups is 1. The summed E-state index contributed by atoms with van der Waals surface area (Å²) in [6.07, 6.45) is 4.98. The Balaban J connectivity index is 2.59. The molecule has 1 unspecified atom stereocenters. The van der Waals surface area contributed by atoms with Crippen LogP contribution in [0.1, 0.15) is 0 Å². The third-order valence-corrected chi connectivity index (χ3v) is 3.93. The highest BCUT2D eigenvalue weighted by atomic mass is 32.5. The van der Waals surface area contributed by atoms with Gasteiger partial charge in [-0.2, -0.15) is 0 Å². The molecule has 0 aliphatic heterocycles. The lowest BCUT2D eigenvalue weighted by Gasteiger charge is -2.18. The molecule has 0 aromatic heterocycles. The molecule has 0 aliphatic carbocycles. The van der Waals surface area contributed by atoms with Crippen LogP contribution in [-0.2, 0) is 21.2 Å². The molecule has 0 heterocycles. The molecule has 6 heteroatoms. The standard InChI is InChI=1S/C11H12NO3PS/c1-3-9-14-12-10(2)15-16(13,17)11-7-5-4-6-8-11/h1,4-8,12H,2,9H2,(H,13,17). The van der Waals surface area contributed by atoms with Gasteiger partial charge in [0.25, 0.3) is 6.49 Å². The number of rotatable bonds is 6. The smallest absolute Gasteiger partial charge is 0.267 e. The van der Waals surface area contributed by atoms with Gasteiger partial charge < -0.3 is 9.42 Å². The van der Waals surface area contributed by atoms with E-state index in [9.17, 15) is 4.89 Å². The highest BCUT2D eigenvalue weighted by molar-refractivity contribution is 8.13. The lowest BCUT2D eigenvalue weighted by Crippen LogP contribution is -2.17. The van der Waals surface area contributed by atoms with Gasteiger partial charge in [0, 0.05) is 5.30 Å². The average Bonchev–Trinajstić information content (AvgIpc) is 2.30. The van der Waals surface area contributed by atoms with Crippen LogP contribution in [0.4, 0.5) is 0 Å². The van der Waals surface area contributed by atoms with E-state index in [0.29, 0.717) is 5.30 Å². The maximum Gasteiger partial charge on any atom is 0.267 e. The zero-order valence-electron chi connectivity index (χ0n) is 9.00. The molecule has 1 aromatic rings. The molecule has 2 N–H and O–H groups in total. The van der Waals surface area contributed by atoms with Crippen molar-refractivity contribution in [3.05, 3.63) is 42.8 Å². The molecule has 0 spiro atoms. The fourth-order valence-electron chi connectivity index (χ4n) is 0.995. The van der Waals surface area contributed by atoms with Gasteiger partial charge in [-0.15, -0.1) is 6.42 Å². The maximum atomic E-state index is 10.0. The Labute approximate surface area is 105 Å². The molecule has 0 saturated carbocycles. The second kappa shape index (κ2) is 6.43. The molecule has 4 nitrogen and oxygen atoms in total. The lowest BCUT2D eigenvalue weighted by atomic mass is 10.4. The predicted molar refractivity (Wildman–Crippen MR) is 70.7 cm³/mol. The second-order valence-electron chi connectivity index (χ2n) is 2.97. The fraction of sp³-hybridized carbons (Fsp3) is 0.0909. The summed E-state index contributed by atoms with van der Waals surface area (Å²) in [4.78, 5) is 14.8. The van der Waals surface area contributed by atoms with Gasteiger partial charge >= 0.3 is 0 Å². The third-order valence-electron chi connectivity index (χ3n) is 1.66. The van der Waals surface area contributed by atoms with Crippen LogP contribution in [0.5, 0.6) is 0 Å². The Kier molecular flexibility index (Phi) is 5.20. The van der Waals surface area contributed by atoms with Gasteiger partial charge in [-0.25, -0.2) is 5.48 Å². The van der Waals surface area contributed by atoms with E-state index in [4.69, 9.17) is 27.6 Å². The molecule has 0 amide bonds. The predicted octanol–water partition coefficient (Wildman–Crippen LogP) is 1.26. The van der Waals surface area contributed by atoms with Crippen molar-refractivity contribution in [2.45, 2.75) is 0 Å². The summed E-state index contributed by atoms with van der Waals surface area (Å²) in [7, 11) is 0. The minimum Gasteiger partial charge on any atom is -0.423 e. The molecule has 0 saturated heterocycles. The van der Waals surface area contributed by atoms with Gasteiger partial charge in [-0.05, 0) is 30.5 Å². The summed E-state index contributed by atoms with van der Waals surface area (Å²) in [5.41, 5.74) is 2.35. The molecular formula is C11H12NO3PS. The number of hydrogen-bond acceptors (Lipinski definition) is 4. The Hall–Kier alpha value is -1.31. The lowest BCUT2D eigenvalue weighted by molar-refractivity contribution is 0.0619. The summed E-state index contributed by atoms with van der Waals surface area (Å²) in [5, 5.41) is 0.537. The number of hydrogen-bond donors (Lipinski definition) is 2. The van der Waals surface area contributed by atoms with Crippen LogP contribution in [0.2, 0.25) is 0 Å². The maximum absolute atomic E-state index is 10.0. The first-order valence-electron chi connectivity index (χ1n) is 4.64. The van der Waals surface area contributed by atoms with Crippen LogP contribution >= 0.6 is 6.49 Å². The summed E-state index contributed by atoms with van der Waals surface area (Å²) in [6.45, 7) is 0.459. The topological polar surface area (TPSA) is 50.7 Å². The first-order valence-corrected chi connectivity index (χ1v) is 7.32. The molecule has 0 radical (unpaired) electrons. The van der Waals surface area contributed by atoms with E-state index in [2.05, 4.69) is 18.0 Å². The molecule has 90 valence electrons. The monoisotopic (exact) mass is 269 g/mol. The highest BCUT2D eigenvalue weighted by Crippen LogP contribution is 2.42. The molecular weight excluding hydrogens is 257 g/mol. The zero-order valence-corrected chi connectivity index (χ0v) is 10.7. The Morgan fingerprint density at radius 2 is 2.18 bits per heavy atom. The summed E-state index contributed by atoms with van der Waals surface area (Å²) in [6, 6.07) is 8.73. The van der Waals surface area contributed by atoms with Crippen molar-refractivity contribution in [3.8, 4) is 12.3 Å². The van der Waals surface area contributed by atoms with Crippen molar-refractivity contribution in [1.29, 1.82) is 0 Å². The largest absolute Gasteiger partial charge is 0.423 e. The number of terminal acetylenes is 1. The Morgan fingerprint density at radius 3 is 2.76 bits per heavy atom. The van der Waals surface area contributed by atoms with Crippen molar-refractivity contribution in [3.63, 3.8) is 0 Å². The van der Waals surface area contributed by atoms with E-state index >= 15 is 0 Å². The molecule has 17 heavy (non-hydrogen) atoms. The normalized spacial score (nSPS) is 13.2. The molecule has 0 fully saturated rings. The quantitative estimate of drug-likeness (QED) is 0.268. The molecule has 0 bridgehead atoms. The van der Waals surface area contributed by atoms with E-state index < -0.39 is 6.49 Å². The second-order valence-corrected chi connectivity index (χ2v) is 6.19. The van der Waals surface area contributed by atoms with E-state index in [1.807, 2.05) is 6.07 Å². The van der Waals surface area contributed by atoms with Crippen LogP contribution in [-0.4, -0.2) is 11.5 Å². The van der Waals surface area contributed by atoms with Crippen LogP contribution < -0.4 is 10.8 Å². The van der Waals surface area contributed by atoms with Crippen LogP contribution in [0.25, 0.3) is 0 Å². The first kappa shape index (κ1) is 13.8. The number of benzene rings is 1. The average molecular weight is 269 g/mol. The van der Waals surface area contributed by atoms with Crippen LogP contribution in [0.15, 0.2) is 42.8 Å². The van der Waals surface area contributed by atoms with E-state index in [-0.39, 0.29) is 12.5 Å². The van der Waals surface area contributed by atoms with Crippen molar-refractivity contribution in [2.24, 2.45) is 0 Å². The van der Waals surface area contributed by atoms with Gasteiger partial charge in [0.2, 0.25) is 5.88 Å². The third kappa shape index (κ3) is 4.59. The summed E-state index contributed by atoms with van der Waals surface area (Å²) < 4.78 is 5.15. The van der Waals surface area contributed by atoms with Gasteiger partial charge in [-0.3, -0.25) is 4.84 Å². The van der Waals surface area contributed by atoms with E-state index in [1.165, 1.54) is 0 Å². The Morgan fingerprint density at radius 1 is 1.53 bits per heavy atom. The molecule has 0 aliphatic rings. The molecule has 1 atom stereocenters.